The second-order valence-corrected chi connectivity index (χ2v) is 7.68. The van der Waals surface area contributed by atoms with Gasteiger partial charge in [0.05, 0.1) is 19.3 Å². The third kappa shape index (κ3) is 5.38. The summed E-state index contributed by atoms with van der Waals surface area (Å²) in [4.78, 5) is 24.9. The molecule has 1 N–H and O–H groups in total. The lowest BCUT2D eigenvalue weighted by Crippen LogP contribution is -2.24. The van der Waals surface area contributed by atoms with Crippen molar-refractivity contribution in [2.45, 2.75) is 13.5 Å². The highest BCUT2D eigenvalue weighted by molar-refractivity contribution is 6.02. The van der Waals surface area contributed by atoms with Crippen LogP contribution in [0.25, 0.3) is 10.8 Å². The van der Waals surface area contributed by atoms with Crippen LogP contribution in [0.1, 0.15) is 5.69 Å². The van der Waals surface area contributed by atoms with E-state index in [1.165, 1.54) is 6.07 Å². The van der Waals surface area contributed by atoms with Crippen LogP contribution >= 0.6 is 0 Å². The molecule has 0 aliphatic rings. The average Bonchev–Trinajstić information content (AvgIpc) is 2.86. The maximum atomic E-state index is 12.5. The predicted octanol–water partition coefficient (Wildman–Crippen LogP) is 4.42. The number of hydrogen-bond donors (Lipinski definition) is 1. The van der Waals surface area contributed by atoms with Gasteiger partial charge >= 0.3 is 0 Å². The van der Waals surface area contributed by atoms with Gasteiger partial charge in [0.25, 0.3) is 5.91 Å². The highest BCUT2D eigenvalue weighted by atomic mass is 16.5. The minimum atomic E-state index is -0.339. The van der Waals surface area contributed by atoms with Crippen LogP contribution in [0.2, 0.25) is 0 Å². The standard InChI is InChI=1S/C27H26N2O5/c1-19-27(34-18-26(31)28-24-9-5-7-20-6-3-4-8-23(20)24)25(30)14-15-29(19)16-17-33-22-12-10-21(32-2)11-13-22/h3-15H,16-18H2,1-2H3,(H,28,31). The molecule has 0 fully saturated rings. The molecule has 0 radical (unpaired) electrons. The van der Waals surface area contributed by atoms with Crippen molar-refractivity contribution in [2.75, 3.05) is 25.6 Å². The molecule has 0 aliphatic carbocycles. The summed E-state index contributed by atoms with van der Waals surface area (Å²) in [7, 11) is 1.61. The Morgan fingerprint density at radius 2 is 1.65 bits per heavy atom. The third-order valence-corrected chi connectivity index (χ3v) is 5.46. The van der Waals surface area contributed by atoms with Crippen LogP contribution in [0.15, 0.2) is 83.8 Å². The van der Waals surface area contributed by atoms with Crippen LogP contribution in [-0.4, -0.2) is 30.8 Å². The van der Waals surface area contributed by atoms with Gasteiger partial charge < -0.3 is 24.1 Å². The number of fused-ring (bicyclic) bond motifs is 1. The summed E-state index contributed by atoms with van der Waals surface area (Å²) in [6.45, 7) is 2.42. The zero-order valence-electron chi connectivity index (χ0n) is 19.1. The maximum absolute atomic E-state index is 12.5. The van der Waals surface area contributed by atoms with Gasteiger partial charge in [-0.25, -0.2) is 0 Å². The summed E-state index contributed by atoms with van der Waals surface area (Å²) in [5, 5.41) is 4.83. The lowest BCUT2D eigenvalue weighted by atomic mass is 10.1. The molecular weight excluding hydrogens is 432 g/mol. The molecule has 174 valence electrons. The molecule has 0 spiro atoms. The quantitative estimate of drug-likeness (QED) is 0.402. The average molecular weight is 459 g/mol. The Morgan fingerprint density at radius 1 is 0.912 bits per heavy atom. The van der Waals surface area contributed by atoms with Crippen molar-refractivity contribution in [1.29, 1.82) is 0 Å². The van der Waals surface area contributed by atoms with Gasteiger partial charge in [-0.1, -0.05) is 36.4 Å². The second-order valence-electron chi connectivity index (χ2n) is 7.68. The van der Waals surface area contributed by atoms with Crippen LogP contribution in [0, 0.1) is 6.92 Å². The number of pyridine rings is 1. The molecule has 0 unspecified atom stereocenters. The Hall–Kier alpha value is -4.26. The number of hydrogen-bond acceptors (Lipinski definition) is 5. The van der Waals surface area contributed by atoms with Gasteiger partial charge in [-0.05, 0) is 42.6 Å². The fourth-order valence-electron chi connectivity index (χ4n) is 3.66. The van der Waals surface area contributed by atoms with Crippen LogP contribution in [0.5, 0.6) is 17.2 Å². The number of ether oxygens (including phenoxy) is 3. The lowest BCUT2D eigenvalue weighted by molar-refractivity contribution is -0.118. The summed E-state index contributed by atoms with van der Waals surface area (Å²) in [5.41, 5.74) is 1.05. The van der Waals surface area contributed by atoms with Crippen LogP contribution < -0.4 is 25.0 Å². The number of nitrogens with one attached hydrogen (secondary N) is 1. The predicted molar refractivity (Wildman–Crippen MR) is 132 cm³/mol. The van der Waals surface area contributed by atoms with Gasteiger partial charge in [-0.2, -0.15) is 0 Å². The Balaban J connectivity index is 1.37. The number of aromatic nitrogens is 1. The molecule has 3 aromatic carbocycles. The van der Waals surface area contributed by atoms with E-state index in [0.717, 1.165) is 22.3 Å². The molecule has 0 saturated heterocycles. The van der Waals surface area contributed by atoms with E-state index in [9.17, 15) is 9.59 Å². The number of anilines is 1. The number of benzene rings is 3. The number of amides is 1. The van der Waals surface area contributed by atoms with Crippen LogP contribution in [0.4, 0.5) is 5.69 Å². The topological polar surface area (TPSA) is 78.8 Å². The van der Waals surface area contributed by atoms with Gasteiger partial charge in [-0.3, -0.25) is 9.59 Å². The largest absolute Gasteiger partial charge is 0.497 e. The molecule has 7 heteroatoms. The van der Waals surface area contributed by atoms with E-state index in [0.29, 0.717) is 24.5 Å². The van der Waals surface area contributed by atoms with E-state index in [1.807, 2.05) is 71.3 Å². The van der Waals surface area contributed by atoms with E-state index >= 15 is 0 Å². The van der Waals surface area contributed by atoms with E-state index in [-0.39, 0.29) is 23.7 Å². The van der Waals surface area contributed by atoms with Crippen molar-refractivity contribution < 1.29 is 19.0 Å². The SMILES string of the molecule is COc1ccc(OCCn2ccc(=O)c(OCC(=O)Nc3cccc4ccccc34)c2C)cc1. The second kappa shape index (κ2) is 10.6. The summed E-state index contributed by atoms with van der Waals surface area (Å²) >= 11 is 0. The Kier molecular flexibility index (Phi) is 7.13. The summed E-state index contributed by atoms with van der Waals surface area (Å²) in [6.07, 6.45) is 1.69. The Bertz CT molecular complexity index is 1340. The monoisotopic (exact) mass is 458 g/mol. The van der Waals surface area contributed by atoms with Crippen molar-refractivity contribution in [2.24, 2.45) is 0 Å². The van der Waals surface area contributed by atoms with Crippen LogP contribution in [0.3, 0.4) is 0 Å². The minimum absolute atomic E-state index is 0.153. The van der Waals surface area contributed by atoms with E-state index in [2.05, 4.69) is 5.32 Å². The lowest BCUT2D eigenvalue weighted by Gasteiger charge is -2.15. The molecule has 1 amide bonds. The summed E-state index contributed by atoms with van der Waals surface area (Å²) in [6, 6.07) is 22.2. The molecule has 1 heterocycles. The van der Waals surface area contributed by atoms with Gasteiger partial charge in [0.2, 0.25) is 5.43 Å². The molecule has 7 nitrogen and oxygen atoms in total. The zero-order chi connectivity index (χ0) is 23.9. The highest BCUT2D eigenvalue weighted by Crippen LogP contribution is 2.23. The van der Waals surface area contributed by atoms with Crippen molar-refractivity contribution in [3.05, 3.63) is 94.9 Å². The Morgan fingerprint density at radius 3 is 2.44 bits per heavy atom. The fourth-order valence-corrected chi connectivity index (χ4v) is 3.66. The molecule has 0 saturated carbocycles. The molecule has 0 aliphatic heterocycles. The molecule has 0 bridgehead atoms. The molecule has 4 aromatic rings. The molecular formula is C27H26N2O5. The number of carbonyl (C=O) groups is 1. The first-order chi connectivity index (χ1) is 16.5. The maximum Gasteiger partial charge on any atom is 0.262 e. The van der Waals surface area contributed by atoms with E-state index < -0.39 is 0 Å². The molecule has 4 rings (SSSR count). The number of methoxy groups -OCH3 is 1. The van der Waals surface area contributed by atoms with Gasteiger partial charge in [0.15, 0.2) is 12.4 Å². The van der Waals surface area contributed by atoms with E-state index in [4.69, 9.17) is 14.2 Å². The molecule has 34 heavy (non-hydrogen) atoms. The summed E-state index contributed by atoms with van der Waals surface area (Å²) < 4.78 is 18.4. The first kappa shape index (κ1) is 22.9. The van der Waals surface area contributed by atoms with Gasteiger partial charge in [-0.15, -0.1) is 0 Å². The van der Waals surface area contributed by atoms with Crippen molar-refractivity contribution in [3.63, 3.8) is 0 Å². The van der Waals surface area contributed by atoms with E-state index in [1.54, 1.807) is 20.2 Å². The van der Waals surface area contributed by atoms with Crippen molar-refractivity contribution in [1.82, 2.24) is 4.57 Å². The number of nitrogens with zero attached hydrogens (tertiary/aromatic N) is 1. The Labute approximate surface area is 197 Å². The summed E-state index contributed by atoms with van der Waals surface area (Å²) in [5.74, 6) is 1.30. The minimum Gasteiger partial charge on any atom is -0.497 e. The first-order valence-corrected chi connectivity index (χ1v) is 10.9. The highest BCUT2D eigenvalue weighted by Gasteiger charge is 2.12. The first-order valence-electron chi connectivity index (χ1n) is 10.9. The number of rotatable bonds is 9. The molecule has 0 atom stereocenters. The molecule has 1 aromatic heterocycles. The smallest absolute Gasteiger partial charge is 0.262 e. The normalized spacial score (nSPS) is 10.6. The van der Waals surface area contributed by atoms with Crippen molar-refractivity contribution in [3.8, 4) is 17.2 Å². The zero-order valence-corrected chi connectivity index (χ0v) is 19.1. The fraction of sp³-hybridized carbons (Fsp3) is 0.185. The van der Waals surface area contributed by atoms with Crippen LogP contribution in [-0.2, 0) is 11.3 Å². The number of carbonyl (C=O) groups excluding carboxylic acids is 1. The van der Waals surface area contributed by atoms with Gasteiger partial charge in [0.1, 0.15) is 18.1 Å². The third-order valence-electron chi connectivity index (χ3n) is 5.46. The van der Waals surface area contributed by atoms with Gasteiger partial charge in [0, 0.05) is 23.3 Å². The van der Waals surface area contributed by atoms with Crippen molar-refractivity contribution >= 4 is 22.4 Å².